The zero-order valence-electron chi connectivity index (χ0n) is 12.3. The van der Waals surface area contributed by atoms with Crippen LogP contribution in [-0.2, 0) is 30.8 Å². The van der Waals surface area contributed by atoms with Crippen LogP contribution in [0.1, 0.15) is 30.4 Å². The van der Waals surface area contributed by atoms with Gasteiger partial charge in [0.15, 0.2) is 5.78 Å². The van der Waals surface area contributed by atoms with Crippen molar-refractivity contribution in [1.82, 2.24) is 0 Å². The molecule has 2 N–H and O–H groups in total. The maximum Gasteiger partial charge on any atom is 0.416 e. The lowest BCUT2D eigenvalue weighted by molar-refractivity contribution is -0.137. The van der Waals surface area contributed by atoms with Gasteiger partial charge in [0.1, 0.15) is 11.6 Å². The molecule has 0 amide bonds. The zero-order valence-corrected chi connectivity index (χ0v) is 13.1. The normalized spacial score (nSPS) is 26.3. The van der Waals surface area contributed by atoms with Crippen LogP contribution in [0, 0.1) is 0 Å². The summed E-state index contributed by atoms with van der Waals surface area (Å²) in [5.41, 5.74) is 3.88. The fourth-order valence-corrected chi connectivity index (χ4v) is 3.26. The summed E-state index contributed by atoms with van der Waals surface area (Å²) >= 11 is 0. The molecule has 1 aromatic rings. The van der Waals surface area contributed by atoms with Gasteiger partial charge in [-0.15, -0.1) is 0 Å². The second kappa shape index (κ2) is 5.88. The SMILES string of the molecule is CS(=O)(=O)OC1CCCC(N)(c2ccc(C(F)(F)F)cc2)C1=O. The third-order valence-electron chi connectivity index (χ3n) is 3.79. The molecule has 0 radical (unpaired) electrons. The van der Waals surface area contributed by atoms with Crippen LogP contribution < -0.4 is 5.73 Å². The minimum atomic E-state index is -4.49. The van der Waals surface area contributed by atoms with E-state index in [9.17, 15) is 26.4 Å². The topological polar surface area (TPSA) is 86.5 Å². The maximum absolute atomic E-state index is 12.6. The van der Waals surface area contributed by atoms with Gasteiger partial charge in [-0.3, -0.25) is 8.98 Å². The molecule has 0 aromatic heterocycles. The molecular weight excluding hydrogens is 335 g/mol. The van der Waals surface area contributed by atoms with Gasteiger partial charge in [0.05, 0.1) is 11.8 Å². The quantitative estimate of drug-likeness (QED) is 0.841. The van der Waals surface area contributed by atoms with Crippen LogP contribution in [0.3, 0.4) is 0 Å². The fourth-order valence-electron chi connectivity index (χ4n) is 2.65. The number of halogens is 3. The first-order chi connectivity index (χ1) is 10.4. The Kier molecular flexibility index (Phi) is 4.57. The number of hydrogen-bond donors (Lipinski definition) is 1. The van der Waals surface area contributed by atoms with Crippen LogP contribution >= 0.6 is 0 Å². The number of rotatable bonds is 3. The molecule has 1 fully saturated rings. The summed E-state index contributed by atoms with van der Waals surface area (Å²) in [5.74, 6) is -0.645. The van der Waals surface area contributed by atoms with E-state index in [1.54, 1.807) is 0 Å². The number of nitrogens with two attached hydrogens (primary N) is 1. The second-order valence-electron chi connectivity index (χ2n) is 5.59. The van der Waals surface area contributed by atoms with Crippen LogP contribution in [0.4, 0.5) is 13.2 Å². The molecule has 128 valence electrons. The molecule has 2 atom stereocenters. The molecule has 0 saturated heterocycles. The Bertz CT molecular complexity index is 700. The average molecular weight is 351 g/mol. The van der Waals surface area contributed by atoms with Crippen molar-refractivity contribution in [2.24, 2.45) is 5.73 Å². The van der Waals surface area contributed by atoms with Gasteiger partial charge < -0.3 is 5.73 Å². The Morgan fingerprint density at radius 1 is 1.26 bits per heavy atom. The zero-order chi connectivity index (χ0) is 17.5. The molecule has 2 rings (SSSR count). The van der Waals surface area contributed by atoms with Crippen molar-refractivity contribution >= 4 is 15.9 Å². The van der Waals surface area contributed by atoms with E-state index in [1.807, 2.05) is 0 Å². The number of Topliss-reactive ketones (excluding diaryl/α,β-unsaturated/α-hetero) is 1. The third kappa shape index (κ3) is 3.91. The van der Waals surface area contributed by atoms with Crippen molar-refractivity contribution in [3.8, 4) is 0 Å². The number of ketones is 1. The molecule has 0 heterocycles. The van der Waals surface area contributed by atoms with Gasteiger partial charge in [-0.2, -0.15) is 21.6 Å². The van der Waals surface area contributed by atoms with E-state index in [0.717, 1.165) is 30.5 Å². The molecule has 2 unspecified atom stereocenters. The number of carbonyl (C=O) groups is 1. The minimum Gasteiger partial charge on any atom is -0.315 e. The Morgan fingerprint density at radius 3 is 2.30 bits per heavy atom. The first kappa shape index (κ1) is 17.9. The Morgan fingerprint density at radius 2 is 1.83 bits per heavy atom. The largest absolute Gasteiger partial charge is 0.416 e. The van der Waals surface area contributed by atoms with E-state index in [4.69, 9.17) is 9.92 Å². The van der Waals surface area contributed by atoms with Crippen molar-refractivity contribution in [2.75, 3.05) is 6.26 Å². The highest BCUT2D eigenvalue weighted by Crippen LogP contribution is 2.36. The lowest BCUT2D eigenvalue weighted by Crippen LogP contribution is -2.53. The minimum absolute atomic E-state index is 0.200. The smallest absolute Gasteiger partial charge is 0.315 e. The van der Waals surface area contributed by atoms with Gasteiger partial charge in [-0.25, -0.2) is 0 Å². The highest BCUT2D eigenvalue weighted by atomic mass is 32.2. The van der Waals surface area contributed by atoms with Crippen molar-refractivity contribution in [3.05, 3.63) is 35.4 Å². The molecule has 1 aromatic carbocycles. The van der Waals surface area contributed by atoms with E-state index in [-0.39, 0.29) is 18.4 Å². The van der Waals surface area contributed by atoms with Gasteiger partial charge in [0.2, 0.25) is 0 Å². The van der Waals surface area contributed by atoms with Crippen LogP contribution in [0.2, 0.25) is 0 Å². The number of carbonyl (C=O) groups excluding carboxylic acids is 1. The standard InChI is InChI=1S/C14H16F3NO4S/c1-23(20,21)22-11-3-2-8-13(18,12(11)19)9-4-6-10(7-5-9)14(15,16)17/h4-7,11H,2-3,8,18H2,1H3. The first-order valence-electron chi connectivity index (χ1n) is 6.83. The van der Waals surface area contributed by atoms with Gasteiger partial charge in [-0.05, 0) is 37.0 Å². The van der Waals surface area contributed by atoms with E-state index in [2.05, 4.69) is 0 Å². The third-order valence-corrected chi connectivity index (χ3v) is 4.37. The molecule has 0 bridgehead atoms. The summed E-state index contributed by atoms with van der Waals surface area (Å²) in [7, 11) is -3.84. The number of hydrogen-bond acceptors (Lipinski definition) is 5. The van der Waals surface area contributed by atoms with Crippen LogP contribution in [-0.4, -0.2) is 26.6 Å². The first-order valence-corrected chi connectivity index (χ1v) is 8.64. The average Bonchev–Trinajstić information content (AvgIpc) is 2.42. The van der Waals surface area contributed by atoms with Gasteiger partial charge in [0.25, 0.3) is 10.1 Å². The Balaban J connectivity index is 2.31. The van der Waals surface area contributed by atoms with Crippen LogP contribution in [0.15, 0.2) is 24.3 Å². The van der Waals surface area contributed by atoms with Crippen molar-refractivity contribution in [2.45, 2.75) is 37.1 Å². The summed E-state index contributed by atoms with van der Waals surface area (Å²) in [6.07, 6.45) is -4.05. The molecule has 0 spiro atoms. The lowest BCUT2D eigenvalue weighted by atomic mass is 9.75. The summed E-state index contributed by atoms with van der Waals surface area (Å²) in [6.45, 7) is 0. The monoisotopic (exact) mass is 351 g/mol. The lowest BCUT2D eigenvalue weighted by Gasteiger charge is -2.36. The molecule has 0 aliphatic heterocycles. The predicted molar refractivity (Wildman–Crippen MR) is 75.9 cm³/mol. The van der Waals surface area contributed by atoms with E-state index < -0.39 is 39.3 Å². The summed E-state index contributed by atoms with van der Waals surface area (Å²) in [6, 6.07) is 3.98. The van der Waals surface area contributed by atoms with Crippen molar-refractivity contribution in [1.29, 1.82) is 0 Å². The van der Waals surface area contributed by atoms with E-state index in [0.29, 0.717) is 6.42 Å². The van der Waals surface area contributed by atoms with Gasteiger partial charge >= 0.3 is 6.18 Å². The maximum atomic E-state index is 12.6. The summed E-state index contributed by atoms with van der Waals surface area (Å²) in [5, 5.41) is 0. The summed E-state index contributed by atoms with van der Waals surface area (Å²) < 4.78 is 65.0. The van der Waals surface area contributed by atoms with Crippen LogP contribution in [0.5, 0.6) is 0 Å². The molecule has 1 aliphatic rings. The van der Waals surface area contributed by atoms with Gasteiger partial charge in [-0.1, -0.05) is 12.1 Å². The highest BCUT2D eigenvalue weighted by Gasteiger charge is 2.45. The number of alkyl halides is 3. The van der Waals surface area contributed by atoms with E-state index in [1.165, 1.54) is 0 Å². The number of benzene rings is 1. The van der Waals surface area contributed by atoms with Crippen LogP contribution in [0.25, 0.3) is 0 Å². The highest BCUT2D eigenvalue weighted by molar-refractivity contribution is 7.86. The van der Waals surface area contributed by atoms with E-state index >= 15 is 0 Å². The molecule has 5 nitrogen and oxygen atoms in total. The van der Waals surface area contributed by atoms with Gasteiger partial charge in [0, 0.05) is 0 Å². The summed E-state index contributed by atoms with van der Waals surface area (Å²) in [4.78, 5) is 12.5. The molecule has 1 aliphatic carbocycles. The fraction of sp³-hybridized carbons (Fsp3) is 0.500. The van der Waals surface area contributed by atoms with Crippen molar-refractivity contribution < 1.29 is 30.6 Å². The molecule has 1 saturated carbocycles. The predicted octanol–water partition coefficient (Wildman–Crippen LogP) is 1.96. The Labute approximate surface area is 131 Å². The molecule has 23 heavy (non-hydrogen) atoms. The Hall–Kier alpha value is -1.45. The molecular formula is C14H16F3NO4S. The van der Waals surface area contributed by atoms with Crippen molar-refractivity contribution in [3.63, 3.8) is 0 Å². The second-order valence-corrected chi connectivity index (χ2v) is 7.19. The molecule has 9 heteroatoms.